The molecule has 1 N–H and O–H groups in total. The maximum absolute atomic E-state index is 12.6. The number of carbonyl (C=O) groups excluding carboxylic acids is 1. The molecule has 0 radical (unpaired) electrons. The minimum absolute atomic E-state index is 0.131. The molecule has 2 aromatic carbocycles. The average Bonchev–Trinajstić information content (AvgIpc) is 2.54. The molecular formula is C18H19NO2. The number of Topliss-reactive ketones (excluding diaryl/α,β-unsaturated/α-hetero) is 1. The van der Waals surface area contributed by atoms with Gasteiger partial charge in [0.1, 0.15) is 5.75 Å². The molecule has 3 heteroatoms. The van der Waals surface area contributed by atoms with Gasteiger partial charge < -0.3 is 10.1 Å². The van der Waals surface area contributed by atoms with Crippen molar-refractivity contribution in [1.29, 1.82) is 0 Å². The van der Waals surface area contributed by atoms with E-state index in [1.54, 1.807) is 0 Å². The summed E-state index contributed by atoms with van der Waals surface area (Å²) < 4.78 is 5.47. The zero-order chi connectivity index (χ0) is 14.7. The monoisotopic (exact) mass is 281 g/mol. The van der Waals surface area contributed by atoms with Gasteiger partial charge in [-0.05, 0) is 36.6 Å². The Morgan fingerprint density at radius 2 is 2.00 bits per heavy atom. The van der Waals surface area contributed by atoms with Crippen LogP contribution in [-0.4, -0.2) is 18.4 Å². The second-order valence-corrected chi connectivity index (χ2v) is 5.23. The molecule has 3 rings (SSSR count). The van der Waals surface area contributed by atoms with Crippen LogP contribution >= 0.6 is 0 Å². The zero-order valence-corrected chi connectivity index (χ0v) is 12.1. The first kappa shape index (κ1) is 13.8. The van der Waals surface area contributed by atoms with Crippen molar-refractivity contribution in [3.05, 3.63) is 65.2 Å². The van der Waals surface area contributed by atoms with Gasteiger partial charge in [0.25, 0.3) is 0 Å². The number of ether oxygens (including phenoxy) is 1. The van der Waals surface area contributed by atoms with E-state index in [2.05, 4.69) is 17.4 Å². The van der Waals surface area contributed by atoms with Gasteiger partial charge in [-0.15, -0.1) is 0 Å². The SMILES string of the molecule is CCOc1cccc(C(=O)C2Cc3ccccc3CN2)c1. The lowest BCUT2D eigenvalue weighted by Crippen LogP contribution is -2.41. The van der Waals surface area contributed by atoms with Crippen LogP contribution < -0.4 is 10.1 Å². The highest BCUT2D eigenvalue weighted by Crippen LogP contribution is 2.20. The lowest BCUT2D eigenvalue weighted by atomic mass is 9.91. The van der Waals surface area contributed by atoms with Crippen LogP contribution in [0.4, 0.5) is 0 Å². The van der Waals surface area contributed by atoms with Crippen molar-refractivity contribution in [2.75, 3.05) is 6.61 Å². The van der Waals surface area contributed by atoms with Gasteiger partial charge in [0.15, 0.2) is 5.78 Å². The zero-order valence-electron chi connectivity index (χ0n) is 12.1. The lowest BCUT2D eigenvalue weighted by molar-refractivity contribution is 0.0937. The first-order valence-corrected chi connectivity index (χ1v) is 7.35. The van der Waals surface area contributed by atoms with E-state index in [4.69, 9.17) is 4.74 Å². The highest BCUT2D eigenvalue weighted by molar-refractivity contribution is 6.00. The van der Waals surface area contributed by atoms with Crippen LogP contribution in [0, 0.1) is 0 Å². The summed E-state index contributed by atoms with van der Waals surface area (Å²) in [5.74, 6) is 0.880. The third-order valence-corrected chi connectivity index (χ3v) is 3.83. The van der Waals surface area contributed by atoms with E-state index < -0.39 is 0 Å². The van der Waals surface area contributed by atoms with Crippen molar-refractivity contribution in [3.63, 3.8) is 0 Å². The fraction of sp³-hybridized carbons (Fsp3) is 0.278. The second kappa shape index (κ2) is 6.10. The molecule has 2 aromatic rings. The van der Waals surface area contributed by atoms with Crippen molar-refractivity contribution in [3.8, 4) is 5.75 Å². The van der Waals surface area contributed by atoms with Crippen LogP contribution in [-0.2, 0) is 13.0 Å². The summed E-state index contributed by atoms with van der Waals surface area (Å²) in [6.07, 6.45) is 0.744. The Balaban J connectivity index is 1.79. The summed E-state index contributed by atoms with van der Waals surface area (Å²) in [7, 11) is 0. The summed E-state index contributed by atoms with van der Waals surface area (Å²) >= 11 is 0. The van der Waals surface area contributed by atoms with Crippen LogP contribution in [0.25, 0.3) is 0 Å². The number of carbonyl (C=O) groups is 1. The van der Waals surface area contributed by atoms with Gasteiger partial charge in [-0.1, -0.05) is 36.4 Å². The van der Waals surface area contributed by atoms with Crippen LogP contribution in [0.5, 0.6) is 5.75 Å². The third-order valence-electron chi connectivity index (χ3n) is 3.83. The van der Waals surface area contributed by atoms with Gasteiger partial charge in [0.2, 0.25) is 0 Å². The van der Waals surface area contributed by atoms with Crippen LogP contribution in [0.1, 0.15) is 28.4 Å². The highest BCUT2D eigenvalue weighted by atomic mass is 16.5. The molecule has 0 saturated carbocycles. The second-order valence-electron chi connectivity index (χ2n) is 5.23. The molecule has 1 aliphatic rings. The molecule has 1 atom stereocenters. The first-order chi connectivity index (χ1) is 10.3. The van der Waals surface area contributed by atoms with Gasteiger partial charge in [-0.2, -0.15) is 0 Å². The van der Waals surface area contributed by atoms with E-state index in [9.17, 15) is 4.79 Å². The predicted molar refractivity (Wildman–Crippen MR) is 82.7 cm³/mol. The number of benzene rings is 2. The molecule has 0 aliphatic carbocycles. The molecule has 1 aliphatic heterocycles. The normalized spacial score (nSPS) is 17.1. The Hall–Kier alpha value is -2.13. The number of ketones is 1. The van der Waals surface area contributed by atoms with Crippen molar-refractivity contribution in [1.82, 2.24) is 5.32 Å². The Morgan fingerprint density at radius 1 is 1.19 bits per heavy atom. The van der Waals surface area contributed by atoms with Crippen LogP contribution in [0.2, 0.25) is 0 Å². The topological polar surface area (TPSA) is 38.3 Å². The number of rotatable bonds is 4. The van der Waals surface area contributed by atoms with Crippen molar-refractivity contribution < 1.29 is 9.53 Å². The summed E-state index contributed by atoms with van der Waals surface area (Å²) in [4.78, 5) is 12.6. The molecule has 0 bridgehead atoms. The molecule has 0 aromatic heterocycles. The molecule has 1 unspecified atom stereocenters. The summed E-state index contributed by atoms with van der Waals surface area (Å²) in [5, 5.41) is 3.33. The maximum atomic E-state index is 12.6. The quantitative estimate of drug-likeness (QED) is 0.876. The summed E-state index contributed by atoms with van der Waals surface area (Å²) in [6, 6.07) is 15.6. The summed E-state index contributed by atoms with van der Waals surface area (Å²) in [5.41, 5.74) is 3.25. The number of hydrogen-bond acceptors (Lipinski definition) is 3. The van der Waals surface area contributed by atoms with E-state index in [-0.39, 0.29) is 11.8 Å². The molecule has 0 saturated heterocycles. The van der Waals surface area contributed by atoms with Crippen molar-refractivity contribution in [2.24, 2.45) is 0 Å². The minimum Gasteiger partial charge on any atom is -0.494 e. The highest BCUT2D eigenvalue weighted by Gasteiger charge is 2.24. The molecule has 21 heavy (non-hydrogen) atoms. The number of nitrogens with one attached hydrogen (secondary N) is 1. The van der Waals surface area contributed by atoms with E-state index in [1.165, 1.54) is 11.1 Å². The van der Waals surface area contributed by atoms with Gasteiger partial charge in [-0.25, -0.2) is 0 Å². The molecular weight excluding hydrogens is 262 g/mol. The molecule has 1 heterocycles. The number of fused-ring (bicyclic) bond motifs is 1. The maximum Gasteiger partial charge on any atom is 0.180 e. The minimum atomic E-state index is -0.156. The van der Waals surface area contributed by atoms with Crippen molar-refractivity contribution in [2.45, 2.75) is 25.9 Å². The molecule has 0 spiro atoms. The summed E-state index contributed by atoms with van der Waals surface area (Å²) in [6.45, 7) is 3.29. The lowest BCUT2D eigenvalue weighted by Gasteiger charge is -2.25. The Bertz CT molecular complexity index is 651. The fourth-order valence-corrected chi connectivity index (χ4v) is 2.75. The van der Waals surface area contributed by atoms with Gasteiger partial charge in [0.05, 0.1) is 12.6 Å². The van der Waals surface area contributed by atoms with E-state index in [0.717, 1.165) is 18.7 Å². The Kier molecular flexibility index (Phi) is 4.02. The largest absolute Gasteiger partial charge is 0.494 e. The van der Waals surface area contributed by atoms with Gasteiger partial charge in [0, 0.05) is 12.1 Å². The van der Waals surface area contributed by atoms with Crippen molar-refractivity contribution >= 4 is 5.78 Å². The third kappa shape index (κ3) is 2.98. The van der Waals surface area contributed by atoms with Gasteiger partial charge in [-0.3, -0.25) is 4.79 Å². The standard InChI is InChI=1S/C18H19NO2/c1-2-21-16-9-5-8-14(10-16)18(20)17-11-13-6-3-4-7-15(13)12-19-17/h3-10,17,19H,2,11-12H2,1H3. The Labute approximate surface area is 124 Å². The average molecular weight is 281 g/mol. The van der Waals surface area contributed by atoms with E-state index in [1.807, 2.05) is 43.3 Å². The van der Waals surface area contributed by atoms with Crippen LogP contribution in [0.15, 0.2) is 48.5 Å². The Morgan fingerprint density at radius 3 is 2.81 bits per heavy atom. The molecule has 0 amide bonds. The van der Waals surface area contributed by atoms with E-state index >= 15 is 0 Å². The molecule has 3 nitrogen and oxygen atoms in total. The fourth-order valence-electron chi connectivity index (χ4n) is 2.75. The van der Waals surface area contributed by atoms with Gasteiger partial charge >= 0.3 is 0 Å². The smallest absolute Gasteiger partial charge is 0.180 e. The van der Waals surface area contributed by atoms with E-state index in [0.29, 0.717) is 12.2 Å². The first-order valence-electron chi connectivity index (χ1n) is 7.35. The predicted octanol–water partition coefficient (Wildman–Crippen LogP) is 2.98. The van der Waals surface area contributed by atoms with Crippen LogP contribution in [0.3, 0.4) is 0 Å². The molecule has 108 valence electrons. The number of hydrogen-bond donors (Lipinski definition) is 1. The molecule has 0 fully saturated rings.